The Labute approximate surface area is 92.0 Å². The minimum Gasteiger partial charge on any atom is -0.465 e. The van der Waals surface area contributed by atoms with Crippen molar-refractivity contribution in [3.8, 4) is 0 Å². The second kappa shape index (κ2) is 4.94. The van der Waals surface area contributed by atoms with E-state index in [-0.39, 0.29) is 17.6 Å². The molecule has 1 unspecified atom stereocenters. The second-order valence-electron chi connectivity index (χ2n) is 4.88. The molecule has 4 heteroatoms. The van der Waals surface area contributed by atoms with Crippen LogP contribution in [0, 0.1) is 0 Å². The summed E-state index contributed by atoms with van der Waals surface area (Å²) in [7, 11) is 0. The maximum Gasteiger partial charge on any atom is 0.324 e. The largest absolute Gasteiger partial charge is 0.465 e. The van der Waals surface area contributed by atoms with Crippen LogP contribution in [0.25, 0.3) is 0 Å². The van der Waals surface area contributed by atoms with Gasteiger partial charge in [-0.2, -0.15) is 0 Å². The lowest BCUT2D eigenvalue weighted by molar-refractivity contribution is -0.147. The number of hydrogen-bond donors (Lipinski definition) is 1. The van der Waals surface area contributed by atoms with Gasteiger partial charge in [-0.1, -0.05) is 0 Å². The smallest absolute Gasteiger partial charge is 0.324 e. The van der Waals surface area contributed by atoms with Gasteiger partial charge in [-0.05, 0) is 27.7 Å². The molecule has 0 aliphatic carbocycles. The normalized spacial score (nSPS) is 23.9. The van der Waals surface area contributed by atoms with E-state index in [1.807, 2.05) is 6.92 Å². The van der Waals surface area contributed by atoms with Crippen LogP contribution in [0.2, 0.25) is 0 Å². The predicted octanol–water partition coefficient (Wildman–Crippen LogP) is 0.622. The molecule has 88 valence electrons. The third-order valence-electron chi connectivity index (χ3n) is 2.70. The van der Waals surface area contributed by atoms with Crippen LogP contribution in [0.1, 0.15) is 27.7 Å². The van der Waals surface area contributed by atoms with Gasteiger partial charge in [0.2, 0.25) is 0 Å². The van der Waals surface area contributed by atoms with E-state index in [2.05, 4.69) is 31.0 Å². The van der Waals surface area contributed by atoms with Gasteiger partial charge in [-0.15, -0.1) is 0 Å². The molecular formula is C11H22N2O2. The lowest BCUT2D eigenvalue weighted by atomic mass is 10.0. The Kier molecular flexibility index (Phi) is 4.11. The Bertz CT molecular complexity index is 223. The van der Waals surface area contributed by atoms with Gasteiger partial charge in [0.1, 0.15) is 6.04 Å². The Morgan fingerprint density at radius 2 is 2.20 bits per heavy atom. The van der Waals surface area contributed by atoms with Crippen molar-refractivity contribution in [2.45, 2.75) is 39.3 Å². The Morgan fingerprint density at radius 3 is 2.73 bits per heavy atom. The van der Waals surface area contributed by atoms with Crippen LogP contribution >= 0.6 is 0 Å². The number of esters is 1. The summed E-state index contributed by atoms with van der Waals surface area (Å²) in [6.45, 7) is 11.4. The van der Waals surface area contributed by atoms with Crippen molar-refractivity contribution < 1.29 is 9.53 Å². The molecule has 1 saturated heterocycles. The Hall–Kier alpha value is -0.610. The summed E-state index contributed by atoms with van der Waals surface area (Å²) < 4.78 is 5.01. The van der Waals surface area contributed by atoms with Crippen molar-refractivity contribution in [3.63, 3.8) is 0 Å². The first kappa shape index (κ1) is 12.5. The van der Waals surface area contributed by atoms with E-state index in [1.165, 1.54) is 0 Å². The predicted molar refractivity (Wildman–Crippen MR) is 59.7 cm³/mol. The van der Waals surface area contributed by atoms with Crippen LogP contribution in [0.15, 0.2) is 0 Å². The van der Waals surface area contributed by atoms with Gasteiger partial charge in [0.05, 0.1) is 6.61 Å². The quantitative estimate of drug-likeness (QED) is 0.684. The summed E-state index contributed by atoms with van der Waals surface area (Å²) in [6.07, 6.45) is 0. The van der Waals surface area contributed by atoms with Crippen molar-refractivity contribution >= 4 is 5.97 Å². The molecule has 1 atom stereocenters. The van der Waals surface area contributed by atoms with E-state index < -0.39 is 0 Å². The Morgan fingerprint density at radius 1 is 1.53 bits per heavy atom. The standard InChI is InChI=1S/C11H22N2O2/c1-5-15-10(14)9-8-13(7-6-12-9)11(2,3)4/h9,12H,5-8H2,1-4H3. The number of piperazine rings is 1. The molecule has 0 radical (unpaired) electrons. The van der Waals surface area contributed by atoms with E-state index in [4.69, 9.17) is 4.74 Å². The molecule has 0 bridgehead atoms. The van der Waals surface area contributed by atoms with Gasteiger partial charge in [0.25, 0.3) is 0 Å². The van der Waals surface area contributed by atoms with E-state index in [1.54, 1.807) is 0 Å². The zero-order valence-electron chi connectivity index (χ0n) is 10.2. The van der Waals surface area contributed by atoms with Gasteiger partial charge in [0, 0.05) is 25.2 Å². The van der Waals surface area contributed by atoms with Crippen LogP contribution in [0.5, 0.6) is 0 Å². The summed E-state index contributed by atoms with van der Waals surface area (Å²) in [4.78, 5) is 13.9. The summed E-state index contributed by atoms with van der Waals surface area (Å²) in [5.41, 5.74) is 0.118. The highest BCUT2D eigenvalue weighted by Gasteiger charge is 2.31. The molecule has 0 saturated carbocycles. The molecule has 1 rings (SSSR count). The monoisotopic (exact) mass is 214 g/mol. The van der Waals surface area contributed by atoms with Crippen molar-refractivity contribution in [1.29, 1.82) is 0 Å². The molecule has 1 fully saturated rings. The number of nitrogens with zero attached hydrogens (tertiary/aromatic N) is 1. The summed E-state index contributed by atoms with van der Waals surface area (Å²) in [5.74, 6) is -0.133. The molecule has 0 amide bonds. The van der Waals surface area contributed by atoms with Gasteiger partial charge < -0.3 is 10.1 Å². The number of carbonyl (C=O) groups is 1. The molecular weight excluding hydrogens is 192 g/mol. The number of hydrogen-bond acceptors (Lipinski definition) is 4. The van der Waals surface area contributed by atoms with Crippen molar-refractivity contribution in [2.75, 3.05) is 26.2 Å². The second-order valence-corrected chi connectivity index (χ2v) is 4.88. The maximum atomic E-state index is 11.6. The number of ether oxygens (including phenoxy) is 1. The molecule has 15 heavy (non-hydrogen) atoms. The van der Waals surface area contributed by atoms with Crippen molar-refractivity contribution in [1.82, 2.24) is 10.2 Å². The third-order valence-corrected chi connectivity index (χ3v) is 2.70. The highest BCUT2D eigenvalue weighted by Crippen LogP contribution is 2.15. The van der Waals surface area contributed by atoms with E-state index in [9.17, 15) is 4.79 Å². The first-order chi connectivity index (χ1) is 6.95. The maximum absolute atomic E-state index is 11.6. The first-order valence-corrected chi connectivity index (χ1v) is 5.60. The SMILES string of the molecule is CCOC(=O)C1CN(C(C)(C)C)CCN1. The molecule has 1 N–H and O–H groups in total. The van der Waals surface area contributed by atoms with Gasteiger partial charge in [-0.25, -0.2) is 0 Å². The van der Waals surface area contributed by atoms with E-state index >= 15 is 0 Å². The van der Waals surface area contributed by atoms with Crippen LogP contribution in [0.4, 0.5) is 0 Å². The van der Waals surface area contributed by atoms with E-state index in [0.29, 0.717) is 6.61 Å². The zero-order valence-corrected chi connectivity index (χ0v) is 10.2. The first-order valence-electron chi connectivity index (χ1n) is 5.60. The number of rotatable bonds is 2. The minimum absolute atomic E-state index is 0.118. The van der Waals surface area contributed by atoms with Gasteiger partial charge in [0.15, 0.2) is 0 Å². The fourth-order valence-corrected chi connectivity index (χ4v) is 1.76. The van der Waals surface area contributed by atoms with Gasteiger partial charge >= 0.3 is 5.97 Å². The Balaban J connectivity index is 2.52. The number of nitrogens with one attached hydrogen (secondary N) is 1. The molecule has 0 aromatic carbocycles. The van der Waals surface area contributed by atoms with Crippen LogP contribution in [-0.4, -0.2) is 48.7 Å². The fraction of sp³-hybridized carbons (Fsp3) is 0.909. The molecule has 0 aromatic heterocycles. The highest BCUT2D eigenvalue weighted by molar-refractivity contribution is 5.76. The molecule has 4 nitrogen and oxygen atoms in total. The van der Waals surface area contributed by atoms with Crippen LogP contribution in [0.3, 0.4) is 0 Å². The fourth-order valence-electron chi connectivity index (χ4n) is 1.76. The molecule has 1 heterocycles. The summed E-state index contributed by atoms with van der Waals surface area (Å²) in [5, 5.41) is 3.19. The molecule has 0 aromatic rings. The molecule has 1 aliphatic rings. The topological polar surface area (TPSA) is 41.6 Å². The third kappa shape index (κ3) is 3.47. The minimum atomic E-state index is -0.169. The zero-order chi connectivity index (χ0) is 11.5. The van der Waals surface area contributed by atoms with Crippen LogP contribution in [-0.2, 0) is 9.53 Å². The lowest BCUT2D eigenvalue weighted by Crippen LogP contribution is -2.59. The van der Waals surface area contributed by atoms with E-state index in [0.717, 1.165) is 19.6 Å². The average molecular weight is 214 g/mol. The average Bonchev–Trinajstić information content (AvgIpc) is 2.17. The van der Waals surface area contributed by atoms with Crippen molar-refractivity contribution in [3.05, 3.63) is 0 Å². The summed E-state index contributed by atoms with van der Waals surface area (Å²) >= 11 is 0. The molecule has 1 aliphatic heterocycles. The van der Waals surface area contributed by atoms with Gasteiger partial charge in [-0.3, -0.25) is 9.69 Å². The lowest BCUT2D eigenvalue weighted by Gasteiger charge is -2.41. The molecule has 0 spiro atoms. The number of carbonyl (C=O) groups excluding carboxylic acids is 1. The highest BCUT2D eigenvalue weighted by atomic mass is 16.5. The van der Waals surface area contributed by atoms with Crippen molar-refractivity contribution in [2.24, 2.45) is 0 Å². The van der Waals surface area contributed by atoms with Crippen LogP contribution < -0.4 is 5.32 Å². The summed E-state index contributed by atoms with van der Waals surface area (Å²) in [6, 6.07) is -0.169.